The first-order chi connectivity index (χ1) is 12.5. The van der Waals surface area contributed by atoms with Crippen molar-refractivity contribution in [3.8, 4) is 11.3 Å². The van der Waals surface area contributed by atoms with E-state index >= 15 is 0 Å². The van der Waals surface area contributed by atoms with Gasteiger partial charge in [0.25, 0.3) is 0 Å². The lowest BCUT2D eigenvalue weighted by Gasteiger charge is -2.09. The van der Waals surface area contributed by atoms with Crippen LogP contribution in [-0.2, 0) is 11.8 Å². The van der Waals surface area contributed by atoms with Gasteiger partial charge in [-0.1, -0.05) is 30.3 Å². The maximum Gasteiger partial charge on any atom is 0.244 e. The number of nitrogens with one attached hydrogen (secondary N) is 2. The molecule has 26 heavy (non-hydrogen) atoms. The molecule has 0 saturated carbocycles. The Hall–Kier alpha value is -3.15. The largest absolute Gasteiger partial charge is 0.343 e. The van der Waals surface area contributed by atoms with Gasteiger partial charge in [-0.2, -0.15) is 5.10 Å². The number of H-pyrrole nitrogens is 1. The third-order valence-electron chi connectivity index (χ3n) is 4.42. The SMILES string of the molecule is Cc1nn(C)c(C)c1/C=C\C(=O)N[C@H](C)c1ncc(-c2ccccc2)[nH]1. The van der Waals surface area contributed by atoms with Crippen molar-refractivity contribution < 1.29 is 4.79 Å². The van der Waals surface area contributed by atoms with Crippen molar-refractivity contribution in [1.82, 2.24) is 25.1 Å². The van der Waals surface area contributed by atoms with Crippen LogP contribution in [0.3, 0.4) is 0 Å². The van der Waals surface area contributed by atoms with E-state index in [0.29, 0.717) is 0 Å². The summed E-state index contributed by atoms with van der Waals surface area (Å²) in [4.78, 5) is 19.9. The highest BCUT2D eigenvalue weighted by molar-refractivity contribution is 5.92. The molecule has 1 atom stereocenters. The van der Waals surface area contributed by atoms with E-state index in [9.17, 15) is 4.79 Å². The second kappa shape index (κ2) is 7.39. The van der Waals surface area contributed by atoms with Gasteiger partial charge in [0.1, 0.15) is 5.82 Å². The van der Waals surface area contributed by atoms with Crippen LogP contribution in [0.2, 0.25) is 0 Å². The van der Waals surface area contributed by atoms with E-state index in [4.69, 9.17) is 0 Å². The van der Waals surface area contributed by atoms with Crippen LogP contribution in [0.4, 0.5) is 0 Å². The summed E-state index contributed by atoms with van der Waals surface area (Å²) in [6.07, 6.45) is 5.12. The maximum atomic E-state index is 12.2. The third-order valence-corrected chi connectivity index (χ3v) is 4.42. The normalized spacial score (nSPS) is 12.5. The number of benzene rings is 1. The van der Waals surface area contributed by atoms with Crippen LogP contribution in [0.5, 0.6) is 0 Å². The summed E-state index contributed by atoms with van der Waals surface area (Å²) in [5.41, 5.74) is 4.89. The molecule has 3 rings (SSSR count). The van der Waals surface area contributed by atoms with Crippen molar-refractivity contribution in [3.05, 3.63) is 65.4 Å². The van der Waals surface area contributed by atoms with E-state index in [1.54, 1.807) is 12.3 Å². The topological polar surface area (TPSA) is 75.6 Å². The Balaban J connectivity index is 1.66. The fourth-order valence-corrected chi connectivity index (χ4v) is 2.84. The number of carbonyl (C=O) groups is 1. The van der Waals surface area contributed by atoms with Crippen molar-refractivity contribution >= 4 is 12.0 Å². The third kappa shape index (κ3) is 3.74. The molecule has 0 saturated heterocycles. The summed E-state index contributed by atoms with van der Waals surface area (Å²) in [6.45, 7) is 5.81. The molecule has 2 heterocycles. The number of carbonyl (C=O) groups excluding carboxylic acids is 1. The van der Waals surface area contributed by atoms with Crippen LogP contribution in [0.15, 0.2) is 42.6 Å². The Morgan fingerprint density at radius 1 is 1.27 bits per heavy atom. The van der Waals surface area contributed by atoms with Crippen LogP contribution < -0.4 is 5.32 Å². The highest BCUT2D eigenvalue weighted by atomic mass is 16.1. The lowest BCUT2D eigenvalue weighted by molar-refractivity contribution is -0.117. The number of amides is 1. The van der Waals surface area contributed by atoms with Crippen molar-refractivity contribution in [3.63, 3.8) is 0 Å². The molecule has 0 aliphatic carbocycles. The van der Waals surface area contributed by atoms with Crippen molar-refractivity contribution in [1.29, 1.82) is 0 Å². The molecule has 2 N–H and O–H groups in total. The highest BCUT2D eigenvalue weighted by Crippen LogP contribution is 2.19. The smallest absolute Gasteiger partial charge is 0.244 e. The lowest BCUT2D eigenvalue weighted by Crippen LogP contribution is -2.25. The molecular formula is C20H23N5O. The number of rotatable bonds is 5. The van der Waals surface area contributed by atoms with E-state index in [-0.39, 0.29) is 11.9 Å². The van der Waals surface area contributed by atoms with E-state index in [1.165, 1.54) is 6.08 Å². The standard InChI is InChI=1S/C20H23N5O/c1-13-17(15(3)25(4)24-13)10-11-19(26)22-14(2)20-21-12-18(23-20)16-8-6-5-7-9-16/h5-12,14H,1-4H3,(H,21,23)(H,22,26)/b11-10-/t14-/m1/s1. The number of hydrogen-bond donors (Lipinski definition) is 2. The summed E-state index contributed by atoms with van der Waals surface area (Å²) in [7, 11) is 1.89. The molecule has 134 valence electrons. The van der Waals surface area contributed by atoms with E-state index in [2.05, 4.69) is 20.4 Å². The molecule has 1 amide bonds. The number of aromatic amines is 1. The molecule has 0 spiro atoms. The summed E-state index contributed by atoms with van der Waals surface area (Å²) in [5.74, 6) is 0.553. The highest BCUT2D eigenvalue weighted by Gasteiger charge is 2.13. The molecule has 0 unspecified atom stereocenters. The van der Waals surface area contributed by atoms with Gasteiger partial charge >= 0.3 is 0 Å². The second-order valence-electron chi connectivity index (χ2n) is 6.32. The summed E-state index contributed by atoms with van der Waals surface area (Å²) in [6, 6.07) is 9.74. The van der Waals surface area contributed by atoms with Gasteiger partial charge in [-0.25, -0.2) is 4.98 Å². The number of nitrogens with zero attached hydrogens (tertiary/aromatic N) is 3. The minimum atomic E-state index is -0.222. The summed E-state index contributed by atoms with van der Waals surface area (Å²) < 4.78 is 1.81. The lowest BCUT2D eigenvalue weighted by atomic mass is 10.2. The van der Waals surface area contributed by atoms with E-state index < -0.39 is 0 Å². The zero-order chi connectivity index (χ0) is 18.7. The van der Waals surface area contributed by atoms with Gasteiger partial charge in [0, 0.05) is 24.4 Å². The molecule has 1 aromatic carbocycles. The van der Waals surface area contributed by atoms with Crippen molar-refractivity contribution in [2.24, 2.45) is 7.05 Å². The van der Waals surface area contributed by atoms with Gasteiger partial charge in [-0.05, 0) is 32.4 Å². The Labute approximate surface area is 153 Å². The predicted octanol–water partition coefficient (Wildman–Crippen LogP) is 3.32. The first kappa shape index (κ1) is 17.7. The minimum absolute atomic E-state index is 0.169. The quantitative estimate of drug-likeness (QED) is 0.694. The Morgan fingerprint density at radius 3 is 2.65 bits per heavy atom. The van der Waals surface area contributed by atoms with Gasteiger partial charge in [-0.3, -0.25) is 9.48 Å². The molecule has 0 aliphatic heterocycles. The average molecular weight is 349 g/mol. The van der Waals surface area contributed by atoms with Crippen LogP contribution in [0.1, 0.15) is 35.7 Å². The average Bonchev–Trinajstić information content (AvgIpc) is 3.20. The van der Waals surface area contributed by atoms with E-state index in [1.807, 2.05) is 62.8 Å². The number of aryl methyl sites for hydroxylation is 2. The fourth-order valence-electron chi connectivity index (χ4n) is 2.84. The molecule has 0 bridgehead atoms. The van der Waals surface area contributed by atoms with Gasteiger partial charge in [0.2, 0.25) is 5.91 Å². The van der Waals surface area contributed by atoms with Gasteiger partial charge < -0.3 is 10.3 Å². The van der Waals surface area contributed by atoms with Gasteiger partial charge in [0.15, 0.2) is 0 Å². The Morgan fingerprint density at radius 2 is 2.00 bits per heavy atom. The molecule has 2 aromatic heterocycles. The van der Waals surface area contributed by atoms with Crippen LogP contribution in [0, 0.1) is 13.8 Å². The molecular weight excluding hydrogens is 326 g/mol. The molecule has 6 heteroatoms. The Kier molecular flexibility index (Phi) is 5.02. The monoisotopic (exact) mass is 349 g/mol. The van der Waals surface area contributed by atoms with Crippen molar-refractivity contribution in [2.75, 3.05) is 0 Å². The molecule has 6 nitrogen and oxygen atoms in total. The molecule has 0 aliphatic rings. The second-order valence-corrected chi connectivity index (χ2v) is 6.32. The fraction of sp³-hybridized carbons (Fsp3) is 0.250. The van der Waals surface area contributed by atoms with Crippen LogP contribution in [-0.4, -0.2) is 25.7 Å². The summed E-state index contributed by atoms with van der Waals surface area (Å²) in [5, 5.41) is 7.28. The number of hydrogen-bond acceptors (Lipinski definition) is 3. The predicted molar refractivity (Wildman–Crippen MR) is 102 cm³/mol. The van der Waals surface area contributed by atoms with Crippen molar-refractivity contribution in [2.45, 2.75) is 26.8 Å². The first-order valence-electron chi connectivity index (χ1n) is 8.55. The zero-order valence-electron chi connectivity index (χ0n) is 15.4. The maximum absolute atomic E-state index is 12.2. The van der Waals surface area contributed by atoms with Gasteiger partial charge in [0.05, 0.1) is 23.6 Å². The number of aromatic nitrogens is 4. The minimum Gasteiger partial charge on any atom is -0.343 e. The van der Waals surface area contributed by atoms with Gasteiger partial charge in [-0.15, -0.1) is 0 Å². The summed E-state index contributed by atoms with van der Waals surface area (Å²) >= 11 is 0. The zero-order valence-corrected chi connectivity index (χ0v) is 15.4. The van der Waals surface area contributed by atoms with E-state index in [0.717, 1.165) is 34.0 Å². The van der Waals surface area contributed by atoms with Crippen LogP contribution >= 0.6 is 0 Å². The molecule has 3 aromatic rings. The number of imidazole rings is 1. The first-order valence-corrected chi connectivity index (χ1v) is 8.55. The Bertz CT molecular complexity index is 937. The van der Waals surface area contributed by atoms with Crippen LogP contribution in [0.25, 0.3) is 17.3 Å². The molecule has 0 radical (unpaired) electrons. The molecule has 0 fully saturated rings.